The van der Waals surface area contributed by atoms with Crippen molar-refractivity contribution < 1.29 is 9.50 Å². The summed E-state index contributed by atoms with van der Waals surface area (Å²) in [6.45, 7) is 1.80. The molecular formula is C12H11FN2O. The first kappa shape index (κ1) is 10.7. The van der Waals surface area contributed by atoms with E-state index in [0.717, 1.165) is 5.69 Å². The fourth-order valence-electron chi connectivity index (χ4n) is 1.40. The molecule has 0 aliphatic carbocycles. The van der Waals surface area contributed by atoms with Gasteiger partial charge in [-0.1, -0.05) is 18.2 Å². The van der Waals surface area contributed by atoms with E-state index in [1.807, 2.05) is 0 Å². The summed E-state index contributed by atoms with van der Waals surface area (Å²) >= 11 is 0. The van der Waals surface area contributed by atoms with Crippen LogP contribution in [0.1, 0.15) is 23.1 Å². The second-order valence-electron chi connectivity index (χ2n) is 3.51. The molecule has 0 radical (unpaired) electrons. The lowest BCUT2D eigenvalue weighted by atomic mass is 10.1. The fourth-order valence-corrected chi connectivity index (χ4v) is 1.40. The monoisotopic (exact) mass is 218 g/mol. The second kappa shape index (κ2) is 4.37. The van der Waals surface area contributed by atoms with Crippen molar-refractivity contribution in [3.63, 3.8) is 0 Å². The Hall–Kier alpha value is -1.81. The molecule has 2 rings (SSSR count). The standard InChI is InChI=1S/C12H11FN2O/c1-8-6-15-11(7-14-8)12(16)9-4-2-3-5-10(9)13/h2-7,12,16H,1H3. The molecule has 3 nitrogen and oxygen atoms in total. The van der Waals surface area contributed by atoms with E-state index in [-0.39, 0.29) is 5.56 Å². The first-order chi connectivity index (χ1) is 7.68. The molecule has 0 aliphatic heterocycles. The zero-order valence-corrected chi connectivity index (χ0v) is 8.76. The molecule has 0 saturated heterocycles. The largest absolute Gasteiger partial charge is 0.382 e. The summed E-state index contributed by atoms with van der Waals surface area (Å²) in [6, 6.07) is 6.08. The minimum Gasteiger partial charge on any atom is -0.382 e. The third kappa shape index (κ3) is 2.06. The van der Waals surface area contributed by atoms with Crippen LogP contribution in [0, 0.1) is 12.7 Å². The average Bonchev–Trinajstić information content (AvgIpc) is 2.30. The smallest absolute Gasteiger partial charge is 0.129 e. The number of benzene rings is 1. The summed E-state index contributed by atoms with van der Waals surface area (Å²) in [7, 11) is 0. The molecule has 1 unspecified atom stereocenters. The second-order valence-corrected chi connectivity index (χ2v) is 3.51. The molecule has 1 aromatic carbocycles. The predicted octanol–water partition coefficient (Wildman–Crippen LogP) is 2.01. The summed E-state index contributed by atoms with van der Waals surface area (Å²) in [6.07, 6.45) is 1.92. The zero-order chi connectivity index (χ0) is 11.5. The van der Waals surface area contributed by atoms with Crippen molar-refractivity contribution in [2.24, 2.45) is 0 Å². The number of aliphatic hydroxyl groups excluding tert-OH is 1. The summed E-state index contributed by atoms with van der Waals surface area (Å²) in [5, 5.41) is 9.92. The SMILES string of the molecule is Cc1cnc(C(O)c2ccccc2F)cn1. The van der Waals surface area contributed by atoms with Gasteiger partial charge >= 0.3 is 0 Å². The van der Waals surface area contributed by atoms with Crippen molar-refractivity contribution in [2.45, 2.75) is 13.0 Å². The Kier molecular flexibility index (Phi) is 2.92. The lowest BCUT2D eigenvalue weighted by Gasteiger charge is -2.10. The molecule has 1 aromatic heterocycles. The van der Waals surface area contributed by atoms with Crippen molar-refractivity contribution >= 4 is 0 Å². The van der Waals surface area contributed by atoms with Gasteiger partial charge in [0, 0.05) is 11.8 Å². The predicted molar refractivity (Wildman–Crippen MR) is 57.2 cm³/mol. The lowest BCUT2D eigenvalue weighted by molar-refractivity contribution is 0.209. The minimum absolute atomic E-state index is 0.209. The van der Waals surface area contributed by atoms with Crippen molar-refractivity contribution in [3.8, 4) is 0 Å². The van der Waals surface area contributed by atoms with Crippen molar-refractivity contribution in [1.29, 1.82) is 0 Å². The van der Waals surface area contributed by atoms with E-state index in [0.29, 0.717) is 5.69 Å². The third-order valence-corrected chi connectivity index (χ3v) is 2.28. The Morgan fingerprint density at radius 1 is 1.19 bits per heavy atom. The van der Waals surface area contributed by atoms with E-state index in [4.69, 9.17) is 0 Å². The van der Waals surface area contributed by atoms with Gasteiger partial charge in [0.15, 0.2) is 0 Å². The summed E-state index contributed by atoms with van der Waals surface area (Å²) < 4.78 is 13.4. The maximum atomic E-state index is 13.4. The van der Waals surface area contributed by atoms with Gasteiger partial charge in [0.05, 0.1) is 17.6 Å². The molecule has 1 atom stereocenters. The number of halogens is 1. The number of hydrogen-bond acceptors (Lipinski definition) is 3. The Morgan fingerprint density at radius 2 is 1.94 bits per heavy atom. The van der Waals surface area contributed by atoms with Crippen LogP contribution in [0.4, 0.5) is 4.39 Å². The highest BCUT2D eigenvalue weighted by Crippen LogP contribution is 2.21. The Balaban J connectivity index is 2.35. The molecule has 0 aliphatic rings. The highest BCUT2D eigenvalue weighted by molar-refractivity contribution is 5.26. The quantitative estimate of drug-likeness (QED) is 0.838. The number of rotatable bonds is 2. The van der Waals surface area contributed by atoms with Crippen LogP contribution in [0.3, 0.4) is 0 Å². The van der Waals surface area contributed by atoms with E-state index in [1.54, 1.807) is 25.3 Å². The maximum Gasteiger partial charge on any atom is 0.129 e. The van der Waals surface area contributed by atoms with Crippen LogP contribution in [0.15, 0.2) is 36.7 Å². The van der Waals surface area contributed by atoms with Gasteiger partial charge in [-0.05, 0) is 13.0 Å². The van der Waals surface area contributed by atoms with Gasteiger partial charge in [-0.15, -0.1) is 0 Å². The molecule has 0 bridgehead atoms. The average molecular weight is 218 g/mol. The van der Waals surface area contributed by atoms with Crippen LogP contribution in [0.25, 0.3) is 0 Å². The molecule has 4 heteroatoms. The third-order valence-electron chi connectivity index (χ3n) is 2.28. The molecule has 1 N–H and O–H groups in total. The number of aryl methyl sites for hydroxylation is 1. The molecule has 1 heterocycles. The van der Waals surface area contributed by atoms with Crippen molar-refractivity contribution in [3.05, 3.63) is 59.4 Å². The number of nitrogens with zero attached hydrogens (tertiary/aromatic N) is 2. The zero-order valence-electron chi connectivity index (χ0n) is 8.76. The van der Waals surface area contributed by atoms with Crippen LogP contribution in [-0.4, -0.2) is 15.1 Å². The number of aliphatic hydroxyl groups is 1. The summed E-state index contributed by atoms with van der Waals surface area (Å²) in [5.41, 5.74) is 1.31. The Bertz CT molecular complexity index is 485. The number of aromatic nitrogens is 2. The maximum absolute atomic E-state index is 13.4. The van der Waals surface area contributed by atoms with Gasteiger partial charge in [0.25, 0.3) is 0 Å². The van der Waals surface area contributed by atoms with E-state index in [1.165, 1.54) is 18.3 Å². The molecule has 82 valence electrons. The highest BCUT2D eigenvalue weighted by Gasteiger charge is 2.15. The lowest BCUT2D eigenvalue weighted by Crippen LogP contribution is -2.05. The summed E-state index contributed by atoms with van der Waals surface area (Å²) in [4.78, 5) is 8.03. The van der Waals surface area contributed by atoms with Gasteiger partial charge in [-0.3, -0.25) is 9.97 Å². The van der Waals surface area contributed by atoms with Gasteiger partial charge in [0.2, 0.25) is 0 Å². The van der Waals surface area contributed by atoms with E-state index in [9.17, 15) is 9.50 Å². The topological polar surface area (TPSA) is 46.0 Å². The molecule has 0 saturated carbocycles. The molecule has 2 aromatic rings. The van der Waals surface area contributed by atoms with Crippen LogP contribution in [-0.2, 0) is 0 Å². The van der Waals surface area contributed by atoms with E-state index < -0.39 is 11.9 Å². The van der Waals surface area contributed by atoms with Crippen molar-refractivity contribution in [2.75, 3.05) is 0 Å². The first-order valence-electron chi connectivity index (χ1n) is 4.89. The molecule has 16 heavy (non-hydrogen) atoms. The van der Waals surface area contributed by atoms with Crippen molar-refractivity contribution in [1.82, 2.24) is 9.97 Å². The molecule has 0 fully saturated rings. The van der Waals surface area contributed by atoms with Gasteiger partial charge in [0.1, 0.15) is 11.9 Å². The number of hydrogen-bond donors (Lipinski definition) is 1. The van der Waals surface area contributed by atoms with Gasteiger partial charge in [-0.2, -0.15) is 0 Å². The van der Waals surface area contributed by atoms with Crippen LogP contribution in [0.2, 0.25) is 0 Å². The normalized spacial score (nSPS) is 12.4. The first-order valence-corrected chi connectivity index (χ1v) is 4.89. The Labute approximate surface area is 92.6 Å². The molecular weight excluding hydrogens is 207 g/mol. The van der Waals surface area contributed by atoms with Gasteiger partial charge < -0.3 is 5.11 Å². The minimum atomic E-state index is -1.07. The van der Waals surface area contributed by atoms with E-state index in [2.05, 4.69) is 9.97 Å². The molecule has 0 amide bonds. The molecule has 0 spiro atoms. The van der Waals surface area contributed by atoms with Crippen LogP contribution < -0.4 is 0 Å². The van der Waals surface area contributed by atoms with Gasteiger partial charge in [-0.25, -0.2) is 4.39 Å². The van der Waals surface area contributed by atoms with Crippen LogP contribution in [0.5, 0.6) is 0 Å². The van der Waals surface area contributed by atoms with E-state index >= 15 is 0 Å². The highest BCUT2D eigenvalue weighted by atomic mass is 19.1. The Morgan fingerprint density at radius 3 is 2.56 bits per heavy atom. The summed E-state index contributed by atoms with van der Waals surface area (Å²) in [5.74, 6) is -0.447. The van der Waals surface area contributed by atoms with Crippen LogP contribution >= 0.6 is 0 Å². The fraction of sp³-hybridized carbons (Fsp3) is 0.167.